The summed E-state index contributed by atoms with van der Waals surface area (Å²) >= 11 is 0. The van der Waals surface area contributed by atoms with Crippen molar-refractivity contribution < 1.29 is 58.1 Å². The van der Waals surface area contributed by atoms with E-state index in [0.29, 0.717) is 0 Å². The van der Waals surface area contributed by atoms with E-state index in [0.717, 1.165) is 0 Å². The van der Waals surface area contributed by atoms with E-state index < -0.39 is 46.2 Å². The quantitative estimate of drug-likeness (QED) is 0.351. The van der Waals surface area contributed by atoms with Crippen molar-refractivity contribution in [2.24, 2.45) is 11.5 Å². The molecule has 0 spiro atoms. The van der Waals surface area contributed by atoms with Crippen molar-refractivity contribution in [3.05, 3.63) is 34.4 Å². The van der Waals surface area contributed by atoms with Gasteiger partial charge < -0.3 is 12.9 Å². The molecule has 0 aliphatic carbocycles. The summed E-state index contributed by atoms with van der Waals surface area (Å²) in [6.07, 6.45) is 0. The number of carbonyl (C=O) groups excluding carboxylic acids is 2. The van der Waals surface area contributed by atoms with Crippen LogP contribution in [0.3, 0.4) is 0 Å². The summed E-state index contributed by atoms with van der Waals surface area (Å²) in [5.41, 5.74) is 5.83. The summed E-state index contributed by atoms with van der Waals surface area (Å²) in [5.74, 6) is -11.6. The third kappa shape index (κ3) is 2.59. The molecule has 1 aromatic carbocycles. The van der Waals surface area contributed by atoms with Crippen LogP contribution in [0.2, 0.25) is 0 Å². The molecule has 0 aliphatic rings. The number of benzene rings is 1. The van der Waals surface area contributed by atoms with Crippen LogP contribution in [-0.2, 0) is 0 Å². The van der Waals surface area contributed by atoms with Crippen LogP contribution in [0.5, 0.6) is 0 Å². The summed E-state index contributed by atoms with van der Waals surface area (Å²) < 4.78 is 52.1. The second kappa shape index (κ2) is 5.48. The molecule has 0 radical (unpaired) electrons. The number of hydrogen-bond donors (Lipinski definition) is 2. The molecule has 0 fully saturated rings. The van der Waals surface area contributed by atoms with Crippen LogP contribution < -0.4 is 41.0 Å². The first-order valence-corrected chi connectivity index (χ1v) is 3.74. The van der Waals surface area contributed by atoms with Crippen LogP contribution in [0.1, 0.15) is 22.1 Å². The zero-order valence-electron chi connectivity index (χ0n) is 9.48. The van der Waals surface area contributed by atoms with Crippen molar-refractivity contribution in [2.75, 3.05) is 0 Å². The average molecular weight is 260 g/mol. The van der Waals surface area contributed by atoms with Gasteiger partial charge in [-0.25, -0.2) is 17.6 Å². The van der Waals surface area contributed by atoms with Gasteiger partial charge in [-0.2, -0.15) is 0 Å². The molecule has 9 heteroatoms. The minimum Gasteiger partial charge on any atom is -1.00 e. The van der Waals surface area contributed by atoms with E-state index >= 15 is 0 Å². The van der Waals surface area contributed by atoms with Crippen molar-refractivity contribution >= 4 is 11.8 Å². The molecule has 1 aromatic rings. The predicted octanol–water partition coefficient (Wildman–Crippen LogP) is -2.44. The minimum absolute atomic E-state index is 0. The molecule has 4 N–H and O–H groups in total. The van der Waals surface area contributed by atoms with Crippen molar-refractivity contribution in [1.82, 2.24) is 0 Å². The van der Waals surface area contributed by atoms with Gasteiger partial charge in [0.15, 0.2) is 23.3 Å². The topological polar surface area (TPSA) is 86.2 Å². The SMILES string of the molecule is NC(=O)c1c(F)c(F)c(C(N)=O)c(F)c1F.[H-].[Na+]. The van der Waals surface area contributed by atoms with Gasteiger partial charge in [0.25, 0.3) is 11.8 Å². The van der Waals surface area contributed by atoms with Gasteiger partial charge in [-0.05, 0) is 0 Å². The first kappa shape index (κ1) is 15.9. The standard InChI is InChI=1S/C8H4F4N2O2.Na.H/c9-3-1(7(13)15)4(10)6(12)2(5(3)11)8(14)16;;/h(H2,13,15)(H2,14,16);;/q;+1;-1. The van der Waals surface area contributed by atoms with Crippen LogP contribution in [0, 0.1) is 23.3 Å². The Balaban J connectivity index is 0. The molecule has 0 aromatic heterocycles. The van der Waals surface area contributed by atoms with Crippen LogP contribution in [0.25, 0.3) is 0 Å². The zero-order chi connectivity index (χ0) is 12.6. The number of hydrogen-bond acceptors (Lipinski definition) is 2. The summed E-state index contributed by atoms with van der Waals surface area (Å²) in [4.78, 5) is 21.0. The van der Waals surface area contributed by atoms with Gasteiger partial charge in [0.2, 0.25) is 0 Å². The Bertz CT molecular complexity index is 438. The summed E-state index contributed by atoms with van der Waals surface area (Å²) in [6.45, 7) is 0. The first-order chi connectivity index (χ1) is 7.29. The molecule has 0 heterocycles. The third-order valence-corrected chi connectivity index (χ3v) is 1.76. The van der Waals surface area contributed by atoms with Gasteiger partial charge in [0.1, 0.15) is 11.1 Å². The van der Waals surface area contributed by atoms with Gasteiger partial charge in [-0.15, -0.1) is 0 Å². The fourth-order valence-corrected chi connectivity index (χ4v) is 1.06. The van der Waals surface area contributed by atoms with E-state index in [-0.39, 0.29) is 31.0 Å². The van der Waals surface area contributed by atoms with Crippen molar-refractivity contribution in [1.29, 1.82) is 0 Å². The molecule has 0 unspecified atom stereocenters. The maximum absolute atomic E-state index is 13.0. The van der Waals surface area contributed by atoms with Gasteiger partial charge >= 0.3 is 29.6 Å². The Kier molecular flexibility index (Phi) is 5.12. The van der Waals surface area contributed by atoms with E-state index in [1.165, 1.54) is 0 Å². The van der Waals surface area contributed by atoms with E-state index in [9.17, 15) is 27.2 Å². The van der Waals surface area contributed by atoms with Gasteiger partial charge in [-0.3, -0.25) is 9.59 Å². The minimum atomic E-state index is -2.06. The first-order valence-electron chi connectivity index (χ1n) is 3.74. The average Bonchev–Trinajstić information content (AvgIpc) is 2.14. The smallest absolute Gasteiger partial charge is 1.00 e. The zero-order valence-corrected chi connectivity index (χ0v) is 10.5. The number of amides is 2. The van der Waals surface area contributed by atoms with Crippen molar-refractivity contribution in [3.8, 4) is 0 Å². The Morgan fingerprint density at radius 3 is 1.06 bits per heavy atom. The monoisotopic (exact) mass is 260 g/mol. The molecule has 2 amide bonds. The van der Waals surface area contributed by atoms with Crippen LogP contribution >= 0.6 is 0 Å². The molecule has 88 valence electrons. The second-order valence-electron chi connectivity index (χ2n) is 2.73. The number of nitrogens with two attached hydrogens (primary N) is 2. The number of carbonyl (C=O) groups is 2. The molecule has 0 bridgehead atoms. The molecule has 0 atom stereocenters. The van der Waals surface area contributed by atoms with Gasteiger partial charge in [0.05, 0.1) is 0 Å². The normalized spacial score (nSPS) is 9.65. The fraction of sp³-hybridized carbons (Fsp3) is 0. The van der Waals surface area contributed by atoms with E-state index in [2.05, 4.69) is 11.5 Å². The number of rotatable bonds is 2. The van der Waals surface area contributed by atoms with Crippen molar-refractivity contribution in [3.63, 3.8) is 0 Å². The molecule has 0 saturated carbocycles. The molecular weight excluding hydrogens is 255 g/mol. The fourth-order valence-electron chi connectivity index (χ4n) is 1.06. The Morgan fingerprint density at radius 1 is 0.765 bits per heavy atom. The van der Waals surface area contributed by atoms with Gasteiger partial charge in [0, 0.05) is 0 Å². The molecule has 17 heavy (non-hydrogen) atoms. The maximum atomic E-state index is 13.0. The van der Waals surface area contributed by atoms with Gasteiger partial charge in [-0.1, -0.05) is 0 Å². The predicted molar refractivity (Wildman–Crippen MR) is 44.4 cm³/mol. The molecule has 4 nitrogen and oxygen atoms in total. The van der Waals surface area contributed by atoms with Crippen LogP contribution in [0.15, 0.2) is 0 Å². The van der Waals surface area contributed by atoms with Crippen molar-refractivity contribution in [2.45, 2.75) is 0 Å². The van der Waals surface area contributed by atoms with E-state index in [1.807, 2.05) is 0 Å². The van der Waals surface area contributed by atoms with E-state index in [1.54, 1.807) is 0 Å². The summed E-state index contributed by atoms with van der Waals surface area (Å²) in [5, 5.41) is 0. The second-order valence-corrected chi connectivity index (χ2v) is 2.73. The summed E-state index contributed by atoms with van der Waals surface area (Å²) in [6, 6.07) is 0. The maximum Gasteiger partial charge on any atom is 1.00 e. The van der Waals surface area contributed by atoms with Crippen LogP contribution in [0.4, 0.5) is 17.6 Å². The Labute approximate surface area is 116 Å². The summed E-state index contributed by atoms with van der Waals surface area (Å²) in [7, 11) is 0. The number of primary amides is 2. The van der Waals surface area contributed by atoms with Crippen LogP contribution in [-0.4, -0.2) is 11.8 Å². The Hall–Kier alpha value is -1.12. The van der Waals surface area contributed by atoms with E-state index in [4.69, 9.17) is 0 Å². The Morgan fingerprint density at radius 2 is 0.941 bits per heavy atom. The number of halogens is 4. The molecular formula is C8H5F4N2NaO2. The molecule has 1 rings (SSSR count). The molecule has 0 aliphatic heterocycles. The molecule has 0 saturated heterocycles. The third-order valence-electron chi connectivity index (χ3n) is 1.76. The largest absolute Gasteiger partial charge is 1.00 e.